The van der Waals surface area contributed by atoms with Crippen LogP contribution in [0.2, 0.25) is 0 Å². The van der Waals surface area contributed by atoms with E-state index in [1.807, 2.05) is 12.1 Å². The molecule has 2 aliphatic rings. The molecule has 3 rings (SSSR count). The van der Waals surface area contributed by atoms with Crippen LogP contribution in [0.5, 0.6) is 5.88 Å². The molecule has 1 saturated heterocycles. The third-order valence-electron chi connectivity index (χ3n) is 4.74. The molecule has 0 unspecified atom stereocenters. The second kappa shape index (κ2) is 7.51. The number of hydrogen-bond acceptors (Lipinski definition) is 4. The fraction of sp³-hybridized carbons (Fsp3) is 0.588. The van der Waals surface area contributed by atoms with Crippen LogP contribution in [0.4, 0.5) is 4.79 Å². The van der Waals surface area contributed by atoms with E-state index in [-0.39, 0.29) is 24.0 Å². The molecule has 24 heavy (non-hydrogen) atoms. The summed E-state index contributed by atoms with van der Waals surface area (Å²) in [7, 11) is 0. The van der Waals surface area contributed by atoms with E-state index < -0.39 is 0 Å². The molecule has 1 aromatic rings. The predicted octanol–water partition coefficient (Wildman–Crippen LogP) is 1.42. The van der Waals surface area contributed by atoms with Crippen molar-refractivity contribution >= 4 is 11.9 Å². The molecule has 0 aromatic carbocycles. The highest BCUT2D eigenvalue weighted by atomic mass is 16.5. The van der Waals surface area contributed by atoms with Gasteiger partial charge in [0.2, 0.25) is 11.8 Å². The Labute approximate surface area is 141 Å². The fourth-order valence-electron chi connectivity index (χ4n) is 3.29. The Morgan fingerprint density at radius 1 is 1.33 bits per heavy atom. The zero-order valence-electron chi connectivity index (χ0n) is 13.7. The first-order valence-electron chi connectivity index (χ1n) is 8.56. The van der Waals surface area contributed by atoms with Crippen molar-refractivity contribution in [2.24, 2.45) is 11.7 Å². The van der Waals surface area contributed by atoms with Crippen LogP contribution in [-0.2, 0) is 11.3 Å². The average molecular weight is 332 g/mol. The van der Waals surface area contributed by atoms with Crippen molar-refractivity contribution in [3.8, 4) is 5.88 Å². The molecule has 1 aliphatic carbocycles. The van der Waals surface area contributed by atoms with Gasteiger partial charge in [-0.2, -0.15) is 0 Å². The number of urea groups is 1. The van der Waals surface area contributed by atoms with Crippen molar-refractivity contribution in [3.05, 3.63) is 23.9 Å². The van der Waals surface area contributed by atoms with Crippen LogP contribution >= 0.6 is 0 Å². The number of aromatic nitrogens is 1. The number of likely N-dealkylation sites (tertiary alicyclic amines) is 1. The number of amides is 3. The molecule has 7 nitrogen and oxygen atoms in total. The van der Waals surface area contributed by atoms with Crippen molar-refractivity contribution in [2.45, 2.75) is 44.8 Å². The first-order chi connectivity index (χ1) is 11.6. The highest BCUT2D eigenvalue weighted by Crippen LogP contribution is 2.25. The van der Waals surface area contributed by atoms with E-state index in [0.717, 1.165) is 18.4 Å². The van der Waals surface area contributed by atoms with Gasteiger partial charge in [-0.05, 0) is 38.2 Å². The third-order valence-corrected chi connectivity index (χ3v) is 4.74. The molecule has 1 aromatic heterocycles. The molecule has 1 aliphatic heterocycles. The van der Waals surface area contributed by atoms with Crippen molar-refractivity contribution in [1.29, 1.82) is 0 Å². The van der Waals surface area contributed by atoms with Gasteiger partial charge in [0, 0.05) is 31.4 Å². The Kier molecular flexibility index (Phi) is 5.17. The average Bonchev–Trinajstić information content (AvgIpc) is 3.25. The topological polar surface area (TPSA) is 97.6 Å². The van der Waals surface area contributed by atoms with Gasteiger partial charge in [-0.1, -0.05) is 6.07 Å². The van der Waals surface area contributed by atoms with Gasteiger partial charge >= 0.3 is 6.03 Å². The van der Waals surface area contributed by atoms with Gasteiger partial charge in [0.25, 0.3) is 0 Å². The van der Waals surface area contributed by atoms with Crippen LogP contribution in [0.1, 0.15) is 37.7 Å². The predicted molar refractivity (Wildman–Crippen MR) is 88.2 cm³/mol. The maximum absolute atomic E-state index is 12.2. The normalized spacial score (nSPS) is 21.0. The molecule has 1 saturated carbocycles. The SMILES string of the molecule is NC(=O)[C@@H]1CCN(C(=O)NCc2cccnc2OC2CCCC2)C1. The molecular formula is C17H24N4O3. The van der Waals surface area contributed by atoms with Crippen molar-refractivity contribution in [1.82, 2.24) is 15.2 Å². The molecule has 130 valence electrons. The quantitative estimate of drug-likeness (QED) is 0.852. The van der Waals surface area contributed by atoms with E-state index in [1.54, 1.807) is 11.1 Å². The zero-order chi connectivity index (χ0) is 16.9. The van der Waals surface area contributed by atoms with Gasteiger partial charge in [0.15, 0.2) is 0 Å². The lowest BCUT2D eigenvalue weighted by Gasteiger charge is -2.18. The minimum absolute atomic E-state index is 0.186. The molecule has 2 heterocycles. The van der Waals surface area contributed by atoms with Crippen LogP contribution in [-0.4, -0.2) is 41.0 Å². The zero-order valence-corrected chi connectivity index (χ0v) is 13.7. The van der Waals surface area contributed by atoms with Crippen molar-refractivity contribution in [3.63, 3.8) is 0 Å². The maximum Gasteiger partial charge on any atom is 0.317 e. The van der Waals surface area contributed by atoms with Crippen molar-refractivity contribution < 1.29 is 14.3 Å². The first-order valence-corrected chi connectivity index (χ1v) is 8.56. The van der Waals surface area contributed by atoms with Gasteiger partial charge in [-0.25, -0.2) is 9.78 Å². The van der Waals surface area contributed by atoms with E-state index in [4.69, 9.17) is 10.5 Å². The highest BCUT2D eigenvalue weighted by Gasteiger charge is 2.29. The first kappa shape index (κ1) is 16.5. The Morgan fingerprint density at radius 2 is 2.12 bits per heavy atom. The van der Waals surface area contributed by atoms with Crippen LogP contribution in [0.25, 0.3) is 0 Å². The minimum Gasteiger partial charge on any atom is -0.474 e. The lowest BCUT2D eigenvalue weighted by atomic mass is 10.1. The Hall–Kier alpha value is -2.31. The van der Waals surface area contributed by atoms with Crippen LogP contribution in [0.3, 0.4) is 0 Å². The van der Waals surface area contributed by atoms with Gasteiger partial charge in [-0.3, -0.25) is 4.79 Å². The Morgan fingerprint density at radius 3 is 2.83 bits per heavy atom. The molecule has 2 fully saturated rings. The summed E-state index contributed by atoms with van der Waals surface area (Å²) >= 11 is 0. The third kappa shape index (κ3) is 3.96. The molecule has 3 N–H and O–H groups in total. The second-order valence-electron chi connectivity index (χ2n) is 6.48. The summed E-state index contributed by atoms with van der Waals surface area (Å²) in [4.78, 5) is 29.4. The summed E-state index contributed by atoms with van der Waals surface area (Å²) in [5.74, 6) is 0.0151. The summed E-state index contributed by atoms with van der Waals surface area (Å²) in [6, 6.07) is 3.56. The molecule has 0 bridgehead atoms. The molecule has 0 radical (unpaired) electrons. The highest BCUT2D eigenvalue weighted by molar-refractivity contribution is 5.80. The van der Waals surface area contributed by atoms with E-state index in [2.05, 4.69) is 10.3 Å². The molecular weight excluding hydrogens is 308 g/mol. The summed E-state index contributed by atoms with van der Waals surface area (Å²) in [5.41, 5.74) is 6.16. The largest absolute Gasteiger partial charge is 0.474 e. The fourth-order valence-corrected chi connectivity index (χ4v) is 3.29. The number of primary amides is 1. The number of nitrogens with one attached hydrogen (secondary N) is 1. The summed E-state index contributed by atoms with van der Waals surface area (Å²) in [5, 5.41) is 2.88. The monoisotopic (exact) mass is 332 g/mol. The number of carbonyl (C=O) groups is 2. The summed E-state index contributed by atoms with van der Waals surface area (Å²) in [6.45, 7) is 1.30. The van der Waals surface area contributed by atoms with E-state index in [9.17, 15) is 9.59 Å². The number of ether oxygens (including phenoxy) is 1. The molecule has 7 heteroatoms. The molecule has 1 atom stereocenters. The van der Waals surface area contributed by atoms with E-state index >= 15 is 0 Å². The number of carbonyl (C=O) groups excluding carboxylic acids is 2. The Bertz CT molecular complexity index is 601. The van der Waals surface area contributed by atoms with E-state index in [1.165, 1.54) is 12.8 Å². The Balaban J connectivity index is 1.54. The number of pyridine rings is 1. The second-order valence-corrected chi connectivity index (χ2v) is 6.48. The summed E-state index contributed by atoms with van der Waals surface area (Å²) < 4.78 is 5.98. The number of nitrogens with zero attached hydrogens (tertiary/aromatic N) is 2. The smallest absolute Gasteiger partial charge is 0.317 e. The lowest BCUT2D eigenvalue weighted by Crippen LogP contribution is -2.39. The standard InChI is InChI=1S/C17H24N4O3/c18-15(22)13-7-9-21(11-13)17(23)20-10-12-4-3-8-19-16(12)24-14-5-1-2-6-14/h3-4,8,13-14H,1-2,5-7,9-11H2,(H2,18,22)(H,20,23)/t13-/m1/s1. The van der Waals surface area contributed by atoms with E-state index in [0.29, 0.717) is 31.9 Å². The van der Waals surface area contributed by atoms with Gasteiger partial charge in [0.1, 0.15) is 6.10 Å². The number of hydrogen-bond donors (Lipinski definition) is 2. The van der Waals surface area contributed by atoms with Crippen LogP contribution in [0.15, 0.2) is 18.3 Å². The summed E-state index contributed by atoms with van der Waals surface area (Å²) in [6.07, 6.45) is 7.07. The van der Waals surface area contributed by atoms with Gasteiger partial charge in [-0.15, -0.1) is 0 Å². The van der Waals surface area contributed by atoms with Gasteiger partial charge < -0.3 is 20.7 Å². The number of rotatable bonds is 5. The maximum atomic E-state index is 12.2. The van der Waals surface area contributed by atoms with Crippen LogP contribution < -0.4 is 15.8 Å². The number of nitrogens with two attached hydrogens (primary N) is 1. The molecule has 0 spiro atoms. The van der Waals surface area contributed by atoms with Crippen molar-refractivity contribution in [2.75, 3.05) is 13.1 Å². The molecule has 3 amide bonds. The van der Waals surface area contributed by atoms with Crippen LogP contribution in [0, 0.1) is 5.92 Å². The lowest BCUT2D eigenvalue weighted by molar-refractivity contribution is -0.121. The minimum atomic E-state index is -0.343. The van der Waals surface area contributed by atoms with Gasteiger partial charge in [0.05, 0.1) is 5.92 Å².